The van der Waals surface area contributed by atoms with Gasteiger partial charge in [0, 0.05) is 19.5 Å². The van der Waals surface area contributed by atoms with Crippen molar-refractivity contribution < 1.29 is 4.79 Å². The van der Waals surface area contributed by atoms with Gasteiger partial charge in [0.25, 0.3) is 0 Å². The number of hydrogen-bond acceptors (Lipinski definition) is 5. The zero-order chi connectivity index (χ0) is 14.7. The number of aryl methyl sites for hydroxylation is 1. The van der Waals surface area contributed by atoms with Gasteiger partial charge in [-0.3, -0.25) is 4.79 Å². The molecule has 0 fully saturated rings. The molecule has 0 saturated heterocycles. The second-order valence-electron chi connectivity index (χ2n) is 4.70. The number of anilines is 1. The Morgan fingerprint density at radius 1 is 1.40 bits per heavy atom. The van der Waals surface area contributed by atoms with Crippen molar-refractivity contribution in [2.24, 2.45) is 0 Å². The molecule has 20 heavy (non-hydrogen) atoms. The molecule has 1 amide bonds. The molecule has 0 bridgehead atoms. The molecule has 1 N–H and O–H groups in total. The van der Waals surface area contributed by atoms with E-state index in [1.54, 1.807) is 14.1 Å². The van der Waals surface area contributed by atoms with E-state index in [1.165, 1.54) is 4.90 Å². The zero-order valence-corrected chi connectivity index (χ0v) is 11.6. The van der Waals surface area contributed by atoms with Crippen molar-refractivity contribution in [3.05, 3.63) is 29.5 Å². The number of nitrogens with zero attached hydrogens (tertiary/aromatic N) is 4. The standard InChI is InChI=1S/C14H15N5O/c1-9-4-5-11-10(6-9)14(12(7-15)18-17-11)16-8-13(20)19(2)3/h4-6H,8H2,1-3H3,(H,16,17). The molecule has 1 heterocycles. The maximum atomic E-state index is 11.7. The van der Waals surface area contributed by atoms with E-state index < -0.39 is 0 Å². The van der Waals surface area contributed by atoms with Gasteiger partial charge in [-0.2, -0.15) is 5.26 Å². The normalized spacial score (nSPS) is 10.1. The highest BCUT2D eigenvalue weighted by atomic mass is 16.2. The lowest BCUT2D eigenvalue weighted by atomic mass is 10.1. The first-order valence-corrected chi connectivity index (χ1v) is 6.14. The van der Waals surface area contributed by atoms with Crippen LogP contribution in [0.2, 0.25) is 0 Å². The van der Waals surface area contributed by atoms with Gasteiger partial charge >= 0.3 is 0 Å². The van der Waals surface area contributed by atoms with E-state index in [0.29, 0.717) is 11.2 Å². The van der Waals surface area contributed by atoms with E-state index in [1.807, 2.05) is 31.2 Å². The summed E-state index contributed by atoms with van der Waals surface area (Å²) < 4.78 is 0. The summed E-state index contributed by atoms with van der Waals surface area (Å²) in [5.41, 5.74) is 2.48. The van der Waals surface area contributed by atoms with Crippen molar-refractivity contribution in [2.75, 3.05) is 26.0 Å². The van der Waals surface area contributed by atoms with Crippen LogP contribution in [0.5, 0.6) is 0 Å². The van der Waals surface area contributed by atoms with E-state index >= 15 is 0 Å². The predicted octanol–water partition coefficient (Wildman–Crippen LogP) is 1.31. The Hall–Kier alpha value is -2.68. The smallest absolute Gasteiger partial charge is 0.241 e. The molecule has 2 rings (SSSR count). The number of carbonyl (C=O) groups is 1. The topological polar surface area (TPSA) is 81.9 Å². The van der Waals surface area contributed by atoms with Crippen molar-refractivity contribution in [3.8, 4) is 6.07 Å². The molecule has 2 aromatic rings. The Kier molecular flexibility index (Phi) is 3.80. The highest BCUT2D eigenvalue weighted by Gasteiger charge is 2.12. The second-order valence-corrected chi connectivity index (χ2v) is 4.70. The van der Waals surface area contributed by atoms with Gasteiger partial charge in [0.15, 0.2) is 5.69 Å². The Morgan fingerprint density at radius 2 is 2.15 bits per heavy atom. The lowest BCUT2D eigenvalue weighted by Crippen LogP contribution is -2.29. The zero-order valence-electron chi connectivity index (χ0n) is 11.6. The highest BCUT2D eigenvalue weighted by Crippen LogP contribution is 2.24. The van der Waals surface area contributed by atoms with Crippen molar-refractivity contribution in [1.29, 1.82) is 5.26 Å². The van der Waals surface area contributed by atoms with Crippen molar-refractivity contribution in [2.45, 2.75) is 6.92 Å². The van der Waals surface area contributed by atoms with Crippen LogP contribution in [-0.4, -0.2) is 41.6 Å². The van der Waals surface area contributed by atoms with Gasteiger partial charge in [0.1, 0.15) is 6.07 Å². The van der Waals surface area contributed by atoms with Gasteiger partial charge < -0.3 is 10.2 Å². The van der Waals surface area contributed by atoms with Crippen LogP contribution in [0.4, 0.5) is 5.69 Å². The first kappa shape index (κ1) is 13.7. The SMILES string of the molecule is Cc1ccc2nnc(C#N)c(NCC(=O)N(C)C)c2c1. The Balaban J connectivity index is 2.46. The molecule has 0 atom stereocenters. The first-order valence-electron chi connectivity index (χ1n) is 6.14. The average Bonchev–Trinajstić information content (AvgIpc) is 2.43. The van der Waals surface area contributed by atoms with E-state index in [0.717, 1.165) is 10.9 Å². The summed E-state index contributed by atoms with van der Waals surface area (Å²) in [7, 11) is 3.37. The van der Waals surface area contributed by atoms with Gasteiger partial charge in [-0.15, -0.1) is 10.2 Å². The van der Waals surface area contributed by atoms with Crippen molar-refractivity contribution in [3.63, 3.8) is 0 Å². The van der Waals surface area contributed by atoms with Gasteiger partial charge in [-0.05, 0) is 19.1 Å². The minimum Gasteiger partial charge on any atom is -0.373 e. The summed E-state index contributed by atoms with van der Waals surface area (Å²) in [4.78, 5) is 13.2. The quantitative estimate of drug-likeness (QED) is 0.908. The number of hydrogen-bond donors (Lipinski definition) is 1. The van der Waals surface area contributed by atoms with Gasteiger partial charge in [0.2, 0.25) is 5.91 Å². The summed E-state index contributed by atoms with van der Waals surface area (Å²) in [6.45, 7) is 2.07. The van der Waals surface area contributed by atoms with Gasteiger partial charge in [-0.1, -0.05) is 11.6 Å². The maximum absolute atomic E-state index is 11.7. The molecule has 0 aliphatic carbocycles. The van der Waals surface area contributed by atoms with Crippen LogP contribution in [-0.2, 0) is 4.79 Å². The average molecular weight is 269 g/mol. The maximum Gasteiger partial charge on any atom is 0.241 e. The lowest BCUT2D eigenvalue weighted by Gasteiger charge is -2.13. The van der Waals surface area contributed by atoms with Crippen molar-refractivity contribution >= 4 is 22.5 Å². The molecule has 0 saturated carbocycles. The third-order valence-electron chi connectivity index (χ3n) is 2.94. The Bertz CT molecular complexity index is 703. The molecule has 0 unspecified atom stereocenters. The largest absolute Gasteiger partial charge is 0.373 e. The van der Waals surface area contributed by atoms with Crippen LogP contribution < -0.4 is 5.32 Å². The number of fused-ring (bicyclic) bond motifs is 1. The number of benzene rings is 1. The summed E-state index contributed by atoms with van der Waals surface area (Å²) in [6.07, 6.45) is 0. The first-order chi connectivity index (χ1) is 9.52. The lowest BCUT2D eigenvalue weighted by molar-refractivity contribution is -0.126. The molecule has 1 aromatic heterocycles. The second kappa shape index (κ2) is 5.53. The van der Waals surface area contributed by atoms with Crippen LogP contribution in [0.25, 0.3) is 10.9 Å². The molecular weight excluding hydrogens is 254 g/mol. The number of likely N-dealkylation sites (N-methyl/N-ethyl adjacent to an activating group) is 1. The van der Waals surface area contributed by atoms with Gasteiger partial charge in [-0.25, -0.2) is 0 Å². The Labute approximate surface area is 117 Å². The molecule has 0 aliphatic heterocycles. The van der Waals surface area contributed by atoms with Crippen LogP contribution in [0, 0.1) is 18.3 Å². The fourth-order valence-electron chi connectivity index (χ4n) is 1.80. The number of aromatic nitrogens is 2. The molecular formula is C14H15N5O. The highest BCUT2D eigenvalue weighted by molar-refractivity contribution is 5.94. The fraction of sp³-hybridized carbons (Fsp3) is 0.286. The number of amides is 1. The minimum atomic E-state index is -0.0773. The summed E-state index contributed by atoms with van der Waals surface area (Å²) in [5.74, 6) is -0.0773. The monoisotopic (exact) mass is 269 g/mol. The molecule has 1 aromatic carbocycles. The molecule has 0 spiro atoms. The molecule has 102 valence electrons. The number of nitrogens with one attached hydrogen (secondary N) is 1. The molecule has 6 nitrogen and oxygen atoms in total. The number of rotatable bonds is 3. The minimum absolute atomic E-state index is 0.0773. The summed E-state index contributed by atoms with van der Waals surface area (Å²) in [6, 6.07) is 7.70. The summed E-state index contributed by atoms with van der Waals surface area (Å²) >= 11 is 0. The fourth-order valence-corrected chi connectivity index (χ4v) is 1.80. The predicted molar refractivity (Wildman–Crippen MR) is 76.2 cm³/mol. The van der Waals surface area contributed by atoms with E-state index in [2.05, 4.69) is 15.5 Å². The third-order valence-corrected chi connectivity index (χ3v) is 2.94. The van der Waals surface area contributed by atoms with E-state index in [4.69, 9.17) is 5.26 Å². The number of nitriles is 1. The van der Waals surface area contributed by atoms with Crippen LogP contribution in [0.15, 0.2) is 18.2 Å². The number of carbonyl (C=O) groups excluding carboxylic acids is 1. The van der Waals surface area contributed by atoms with Gasteiger partial charge in [0.05, 0.1) is 17.7 Å². The summed E-state index contributed by atoms with van der Waals surface area (Å²) in [5, 5.41) is 20.8. The van der Waals surface area contributed by atoms with Crippen molar-refractivity contribution in [1.82, 2.24) is 15.1 Å². The Morgan fingerprint density at radius 3 is 2.80 bits per heavy atom. The third kappa shape index (κ3) is 2.67. The molecule has 0 aliphatic rings. The van der Waals surface area contributed by atoms with Crippen LogP contribution in [0.3, 0.4) is 0 Å². The molecule has 6 heteroatoms. The van der Waals surface area contributed by atoms with E-state index in [9.17, 15) is 4.79 Å². The van der Waals surface area contributed by atoms with Crippen LogP contribution >= 0.6 is 0 Å². The van der Waals surface area contributed by atoms with Crippen LogP contribution in [0.1, 0.15) is 11.3 Å². The van der Waals surface area contributed by atoms with E-state index in [-0.39, 0.29) is 18.1 Å². The molecule has 0 radical (unpaired) electrons.